The Morgan fingerprint density at radius 2 is 2.07 bits per heavy atom. The van der Waals surface area contributed by atoms with Gasteiger partial charge in [0, 0.05) is 24.4 Å². The van der Waals surface area contributed by atoms with E-state index in [1.807, 2.05) is 18.3 Å². The molecule has 0 fully saturated rings. The molecule has 3 nitrogen and oxygen atoms in total. The van der Waals surface area contributed by atoms with Crippen LogP contribution in [-0.2, 0) is 6.42 Å². The molecule has 72 valence electrons. The van der Waals surface area contributed by atoms with Gasteiger partial charge in [-0.15, -0.1) is 0 Å². The smallest absolute Gasteiger partial charge is 0.107 e. The van der Waals surface area contributed by atoms with Gasteiger partial charge in [0.25, 0.3) is 0 Å². The molecule has 2 aromatic rings. The highest BCUT2D eigenvalue weighted by molar-refractivity contribution is 7.80. The molecule has 0 radical (unpaired) electrons. The normalized spacial score (nSPS) is 10.4. The van der Waals surface area contributed by atoms with Crippen LogP contribution in [0, 0.1) is 0 Å². The molecule has 0 spiro atoms. The van der Waals surface area contributed by atoms with Gasteiger partial charge < -0.3 is 4.98 Å². The minimum Gasteiger partial charge on any atom is -0.342 e. The van der Waals surface area contributed by atoms with Crippen LogP contribution in [0.3, 0.4) is 0 Å². The van der Waals surface area contributed by atoms with Crippen LogP contribution in [0.25, 0.3) is 11.3 Å². The molecule has 2 aromatic heterocycles. The van der Waals surface area contributed by atoms with Gasteiger partial charge in [-0.2, -0.15) is 12.6 Å². The second-order valence-corrected chi connectivity index (χ2v) is 3.40. The van der Waals surface area contributed by atoms with Gasteiger partial charge in [-0.05, 0) is 17.9 Å². The lowest BCUT2D eigenvalue weighted by atomic mass is 10.2. The number of H-pyrrole nitrogens is 1. The van der Waals surface area contributed by atoms with Gasteiger partial charge in [-0.1, -0.05) is 0 Å². The van der Waals surface area contributed by atoms with E-state index in [1.165, 1.54) is 0 Å². The van der Waals surface area contributed by atoms with Crippen LogP contribution in [0.1, 0.15) is 5.82 Å². The third kappa shape index (κ3) is 1.96. The number of imidazole rings is 1. The first kappa shape index (κ1) is 9.27. The predicted molar refractivity (Wildman–Crippen MR) is 59.4 cm³/mol. The number of aryl methyl sites for hydroxylation is 1. The Hall–Kier alpha value is -1.29. The fourth-order valence-electron chi connectivity index (χ4n) is 1.27. The zero-order chi connectivity index (χ0) is 9.80. The second-order valence-electron chi connectivity index (χ2n) is 2.95. The van der Waals surface area contributed by atoms with E-state index in [0.29, 0.717) is 0 Å². The average molecular weight is 205 g/mol. The van der Waals surface area contributed by atoms with Crippen molar-refractivity contribution in [2.45, 2.75) is 6.42 Å². The summed E-state index contributed by atoms with van der Waals surface area (Å²) in [5.41, 5.74) is 2.14. The minimum absolute atomic E-state index is 0.809. The lowest BCUT2D eigenvalue weighted by molar-refractivity contribution is 1.00. The molecule has 0 bridgehead atoms. The van der Waals surface area contributed by atoms with Gasteiger partial charge in [0.05, 0.1) is 11.9 Å². The third-order valence-corrected chi connectivity index (χ3v) is 2.19. The summed E-state index contributed by atoms with van der Waals surface area (Å²) in [5, 5.41) is 0. The highest BCUT2D eigenvalue weighted by Crippen LogP contribution is 2.15. The number of hydrogen-bond acceptors (Lipinski definition) is 3. The lowest BCUT2D eigenvalue weighted by Crippen LogP contribution is -1.88. The number of aromatic amines is 1. The summed E-state index contributed by atoms with van der Waals surface area (Å²) >= 11 is 4.16. The largest absolute Gasteiger partial charge is 0.342 e. The Labute approximate surface area is 88.0 Å². The maximum Gasteiger partial charge on any atom is 0.107 e. The van der Waals surface area contributed by atoms with Crippen LogP contribution in [0.4, 0.5) is 0 Å². The molecule has 0 unspecified atom stereocenters. The summed E-state index contributed by atoms with van der Waals surface area (Å²) in [6.07, 6.45) is 6.26. The first-order chi connectivity index (χ1) is 6.90. The zero-order valence-electron chi connectivity index (χ0n) is 7.64. The van der Waals surface area contributed by atoms with Crippen molar-refractivity contribution in [2.24, 2.45) is 0 Å². The first-order valence-electron chi connectivity index (χ1n) is 4.45. The number of pyridine rings is 1. The van der Waals surface area contributed by atoms with Gasteiger partial charge in [0.15, 0.2) is 0 Å². The molecular formula is C10H11N3S. The summed E-state index contributed by atoms with van der Waals surface area (Å²) in [6.45, 7) is 0. The molecule has 0 amide bonds. The van der Waals surface area contributed by atoms with E-state index >= 15 is 0 Å². The molecule has 4 heteroatoms. The van der Waals surface area contributed by atoms with Crippen molar-refractivity contribution in [3.05, 3.63) is 36.5 Å². The number of thiol groups is 1. The molecule has 0 atom stereocenters. The van der Waals surface area contributed by atoms with Crippen molar-refractivity contribution in [3.63, 3.8) is 0 Å². The molecule has 0 saturated carbocycles. The maximum absolute atomic E-state index is 4.26. The first-order valence-corrected chi connectivity index (χ1v) is 5.08. The Morgan fingerprint density at radius 1 is 1.29 bits per heavy atom. The quantitative estimate of drug-likeness (QED) is 0.752. The lowest BCUT2D eigenvalue weighted by Gasteiger charge is -1.94. The topological polar surface area (TPSA) is 41.6 Å². The standard InChI is InChI=1S/C10H11N3S/c14-6-3-10-12-7-9(13-10)8-1-4-11-5-2-8/h1-2,4-5,7,14H,3,6H2,(H,12,13). The Balaban J connectivity index is 2.25. The van der Waals surface area contributed by atoms with E-state index in [-0.39, 0.29) is 0 Å². The van der Waals surface area contributed by atoms with Gasteiger partial charge in [0.1, 0.15) is 5.82 Å². The van der Waals surface area contributed by atoms with Crippen molar-refractivity contribution < 1.29 is 0 Å². The molecule has 0 aliphatic carbocycles. The molecule has 2 rings (SSSR count). The molecule has 0 saturated heterocycles. The Kier molecular flexibility index (Phi) is 2.84. The van der Waals surface area contributed by atoms with E-state index in [4.69, 9.17) is 0 Å². The van der Waals surface area contributed by atoms with E-state index in [1.54, 1.807) is 12.4 Å². The third-order valence-electron chi connectivity index (χ3n) is 1.97. The predicted octanol–water partition coefficient (Wildman–Crippen LogP) is 1.94. The van der Waals surface area contributed by atoms with Crippen LogP contribution < -0.4 is 0 Å². The summed E-state index contributed by atoms with van der Waals surface area (Å²) < 4.78 is 0. The van der Waals surface area contributed by atoms with E-state index in [0.717, 1.165) is 29.3 Å². The number of rotatable bonds is 3. The van der Waals surface area contributed by atoms with Gasteiger partial charge in [-0.25, -0.2) is 4.98 Å². The van der Waals surface area contributed by atoms with E-state index < -0.39 is 0 Å². The van der Waals surface area contributed by atoms with E-state index in [2.05, 4.69) is 27.6 Å². The van der Waals surface area contributed by atoms with Crippen molar-refractivity contribution in [1.29, 1.82) is 0 Å². The fourth-order valence-corrected chi connectivity index (χ4v) is 1.49. The molecule has 14 heavy (non-hydrogen) atoms. The van der Waals surface area contributed by atoms with Crippen molar-refractivity contribution >= 4 is 12.6 Å². The SMILES string of the molecule is SCCc1ncc(-c2ccncc2)[nH]1. The van der Waals surface area contributed by atoms with Crippen LogP contribution in [0.15, 0.2) is 30.7 Å². The molecular weight excluding hydrogens is 194 g/mol. The van der Waals surface area contributed by atoms with Crippen LogP contribution in [0.5, 0.6) is 0 Å². The average Bonchev–Trinajstić information content (AvgIpc) is 2.68. The summed E-state index contributed by atoms with van der Waals surface area (Å²) in [5.74, 6) is 1.79. The van der Waals surface area contributed by atoms with Gasteiger partial charge in [0.2, 0.25) is 0 Å². The van der Waals surface area contributed by atoms with Gasteiger partial charge in [-0.3, -0.25) is 4.98 Å². The number of nitrogens with one attached hydrogen (secondary N) is 1. The van der Waals surface area contributed by atoms with Gasteiger partial charge >= 0.3 is 0 Å². The Morgan fingerprint density at radius 3 is 2.79 bits per heavy atom. The molecule has 2 heterocycles. The van der Waals surface area contributed by atoms with Crippen molar-refractivity contribution in [1.82, 2.24) is 15.0 Å². The molecule has 0 aromatic carbocycles. The molecule has 0 aliphatic rings. The van der Waals surface area contributed by atoms with Crippen molar-refractivity contribution in [3.8, 4) is 11.3 Å². The molecule has 1 N–H and O–H groups in total. The zero-order valence-corrected chi connectivity index (χ0v) is 8.54. The van der Waals surface area contributed by atoms with Crippen molar-refractivity contribution in [2.75, 3.05) is 5.75 Å². The van der Waals surface area contributed by atoms with Crippen LogP contribution >= 0.6 is 12.6 Å². The molecule has 0 aliphatic heterocycles. The summed E-state index contributed by atoms with van der Waals surface area (Å²) in [7, 11) is 0. The number of aromatic nitrogens is 3. The summed E-state index contributed by atoms with van der Waals surface area (Å²) in [4.78, 5) is 11.5. The van der Waals surface area contributed by atoms with E-state index in [9.17, 15) is 0 Å². The fraction of sp³-hybridized carbons (Fsp3) is 0.200. The van der Waals surface area contributed by atoms with Crippen LogP contribution in [0.2, 0.25) is 0 Å². The highest BCUT2D eigenvalue weighted by Gasteiger charge is 2.01. The number of nitrogens with zero attached hydrogens (tertiary/aromatic N) is 2. The van der Waals surface area contributed by atoms with Crippen LogP contribution in [-0.4, -0.2) is 20.7 Å². The second kappa shape index (κ2) is 4.28. The minimum atomic E-state index is 0.809. The number of hydrogen-bond donors (Lipinski definition) is 2. The highest BCUT2D eigenvalue weighted by atomic mass is 32.1. The maximum atomic E-state index is 4.26. The summed E-state index contributed by atoms with van der Waals surface area (Å²) in [6, 6.07) is 3.91. The monoisotopic (exact) mass is 205 g/mol. The Bertz CT molecular complexity index is 397.